The van der Waals surface area contributed by atoms with Gasteiger partial charge in [0.1, 0.15) is 0 Å². The third kappa shape index (κ3) is 3.81. The van der Waals surface area contributed by atoms with Crippen LogP contribution in [0.5, 0.6) is 0 Å². The number of anilines is 1. The molecule has 0 saturated carbocycles. The molecule has 1 aliphatic heterocycles. The van der Waals surface area contributed by atoms with Gasteiger partial charge in [-0.3, -0.25) is 9.89 Å². The number of nitrogens with two attached hydrogens (primary N) is 1. The second-order valence-corrected chi connectivity index (χ2v) is 7.29. The number of hydrogen-bond acceptors (Lipinski definition) is 4. The Bertz CT molecular complexity index is 811. The molecular formula is C15H19N5O3S. The predicted molar refractivity (Wildman–Crippen MR) is 90.1 cm³/mol. The van der Waals surface area contributed by atoms with Gasteiger partial charge >= 0.3 is 0 Å². The fourth-order valence-corrected chi connectivity index (χ4v) is 3.47. The van der Waals surface area contributed by atoms with Crippen molar-refractivity contribution >= 4 is 21.9 Å². The maximum atomic E-state index is 12.3. The van der Waals surface area contributed by atoms with Crippen molar-refractivity contribution in [2.75, 3.05) is 18.4 Å². The minimum Gasteiger partial charge on any atom is -0.309 e. The molecule has 0 radical (unpaired) electrons. The molecule has 128 valence electrons. The van der Waals surface area contributed by atoms with Crippen molar-refractivity contribution in [3.8, 4) is 11.3 Å². The van der Waals surface area contributed by atoms with Crippen LogP contribution >= 0.6 is 0 Å². The van der Waals surface area contributed by atoms with Crippen LogP contribution in [0.4, 0.5) is 5.82 Å². The van der Waals surface area contributed by atoms with Crippen molar-refractivity contribution in [3.63, 3.8) is 0 Å². The number of H-pyrrole nitrogens is 1. The monoisotopic (exact) mass is 349 g/mol. The van der Waals surface area contributed by atoms with Crippen molar-refractivity contribution in [2.24, 2.45) is 11.1 Å². The van der Waals surface area contributed by atoms with Crippen LogP contribution < -0.4 is 10.5 Å². The summed E-state index contributed by atoms with van der Waals surface area (Å²) in [7, 11) is -3.68. The number of nitrogens with one attached hydrogen (secondary N) is 2. The molecule has 1 amide bonds. The Kier molecular flexibility index (Phi) is 4.65. The van der Waals surface area contributed by atoms with Gasteiger partial charge in [0.25, 0.3) is 10.2 Å². The Morgan fingerprint density at radius 1 is 1.25 bits per heavy atom. The Morgan fingerprint density at radius 2 is 1.92 bits per heavy atom. The quantitative estimate of drug-likeness (QED) is 0.760. The lowest BCUT2D eigenvalue weighted by molar-refractivity contribution is -0.120. The summed E-state index contributed by atoms with van der Waals surface area (Å²) in [4.78, 5) is 12.3. The predicted octanol–water partition coefficient (Wildman–Crippen LogP) is 0.931. The summed E-state index contributed by atoms with van der Waals surface area (Å²) < 4.78 is 23.8. The minimum absolute atomic E-state index is 0.157. The molecule has 0 atom stereocenters. The number of hydrogen-bond donors (Lipinski definition) is 3. The number of aromatic nitrogens is 2. The average molecular weight is 349 g/mol. The van der Waals surface area contributed by atoms with Crippen molar-refractivity contribution < 1.29 is 13.2 Å². The summed E-state index contributed by atoms with van der Waals surface area (Å²) in [6, 6.07) is 11.4. The molecule has 9 heteroatoms. The topological polar surface area (TPSA) is 121 Å². The lowest BCUT2D eigenvalue weighted by Crippen LogP contribution is -2.44. The first-order valence-corrected chi connectivity index (χ1v) is 9.13. The van der Waals surface area contributed by atoms with Crippen LogP contribution in [0.2, 0.25) is 0 Å². The van der Waals surface area contributed by atoms with E-state index in [0.29, 0.717) is 18.7 Å². The van der Waals surface area contributed by atoms with Gasteiger partial charge in [-0.05, 0) is 18.4 Å². The van der Waals surface area contributed by atoms with E-state index in [1.54, 1.807) is 6.07 Å². The summed E-state index contributed by atoms with van der Waals surface area (Å²) in [6.45, 7) is 0.513. The molecule has 0 spiro atoms. The van der Waals surface area contributed by atoms with Crippen LogP contribution in [0.15, 0.2) is 36.4 Å². The normalized spacial score (nSPS) is 16.9. The Morgan fingerprint density at radius 3 is 2.54 bits per heavy atom. The van der Waals surface area contributed by atoms with Gasteiger partial charge in [-0.2, -0.15) is 17.8 Å². The van der Waals surface area contributed by atoms with Crippen LogP contribution in [0.25, 0.3) is 11.3 Å². The van der Waals surface area contributed by atoms with E-state index in [4.69, 9.17) is 5.14 Å². The Labute approximate surface area is 140 Å². The molecule has 1 fully saturated rings. The summed E-state index contributed by atoms with van der Waals surface area (Å²) in [5.74, 6) is 0.0442. The van der Waals surface area contributed by atoms with Crippen LogP contribution in [0.1, 0.15) is 12.8 Å². The number of aromatic amines is 1. The number of piperidine rings is 1. The molecule has 8 nitrogen and oxygen atoms in total. The highest BCUT2D eigenvalue weighted by Crippen LogP contribution is 2.22. The zero-order chi connectivity index (χ0) is 17.2. The van der Waals surface area contributed by atoms with Crippen molar-refractivity contribution in [3.05, 3.63) is 36.4 Å². The average Bonchev–Trinajstić information content (AvgIpc) is 3.03. The van der Waals surface area contributed by atoms with Gasteiger partial charge in [-0.1, -0.05) is 30.3 Å². The summed E-state index contributed by atoms with van der Waals surface area (Å²) >= 11 is 0. The summed E-state index contributed by atoms with van der Waals surface area (Å²) in [5, 5.41) is 14.9. The molecule has 0 unspecified atom stereocenters. The van der Waals surface area contributed by atoms with Gasteiger partial charge in [-0.15, -0.1) is 0 Å². The van der Waals surface area contributed by atoms with Crippen LogP contribution in [0.3, 0.4) is 0 Å². The zero-order valence-corrected chi connectivity index (χ0v) is 13.8. The molecule has 1 saturated heterocycles. The Hall–Kier alpha value is -2.23. The van der Waals surface area contributed by atoms with E-state index < -0.39 is 10.2 Å². The van der Waals surface area contributed by atoms with Crippen molar-refractivity contribution in [1.82, 2.24) is 14.5 Å². The molecule has 3 rings (SSSR count). The number of carbonyl (C=O) groups excluding carboxylic acids is 1. The second-order valence-electron chi connectivity index (χ2n) is 5.74. The van der Waals surface area contributed by atoms with E-state index in [1.807, 2.05) is 30.3 Å². The van der Waals surface area contributed by atoms with E-state index in [1.165, 1.54) is 4.31 Å². The fourth-order valence-electron chi connectivity index (χ4n) is 2.75. The first-order valence-electron chi connectivity index (χ1n) is 7.63. The molecule has 1 aliphatic rings. The maximum absolute atomic E-state index is 12.3. The summed E-state index contributed by atoms with van der Waals surface area (Å²) in [6.07, 6.45) is 0.885. The number of benzene rings is 1. The smallest absolute Gasteiger partial charge is 0.276 e. The molecule has 1 aromatic carbocycles. The van der Waals surface area contributed by atoms with Gasteiger partial charge in [0.15, 0.2) is 5.82 Å². The molecule has 2 aromatic rings. The SMILES string of the molecule is NS(=O)(=O)N1CCC(C(=O)Nc2cc(-c3ccccc3)[nH]n2)CC1. The summed E-state index contributed by atoms with van der Waals surface area (Å²) in [5.41, 5.74) is 1.79. The van der Waals surface area contributed by atoms with E-state index in [9.17, 15) is 13.2 Å². The van der Waals surface area contributed by atoms with Crippen LogP contribution in [-0.4, -0.2) is 41.9 Å². The maximum Gasteiger partial charge on any atom is 0.276 e. The number of nitrogens with zero attached hydrogens (tertiary/aromatic N) is 2. The fraction of sp³-hybridized carbons (Fsp3) is 0.333. The van der Waals surface area contributed by atoms with Gasteiger partial charge in [0.05, 0.1) is 5.69 Å². The molecule has 24 heavy (non-hydrogen) atoms. The standard InChI is InChI=1S/C15H19N5O3S/c16-24(22,23)20-8-6-12(7-9-20)15(21)17-14-10-13(18-19-14)11-4-2-1-3-5-11/h1-5,10,12H,6-9H2,(H2,16,22,23)(H2,17,18,19,21). The lowest BCUT2D eigenvalue weighted by Gasteiger charge is -2.28. The van der Waals surface area contributed by atoms with E-state index >= 15 is 0 Å². The van der Waals surface area contributed by atoms with E-state index in [-0.39, 0.29) is 24.9 Å². The minimum atomic E-state index is -3.68. The molecular weight excluding hydrogens is 330 g/mol. The third-order valence-corrected chi connectivity index (χ3v) is 5.18. The van der Waals surface area contributed by atoms with Crippen LogP contribution in [0, 0.1) is 5.92 Å². The van der Waals surface area contributed by atoms with E-state index in [2.05, 4.69) is 15.5 Å². The number of rotatable bonds is 4. The highest BCUT2D eigenvalue weighted by Gasteiger charge is 2.29. The first kappa shape index (κ1) is 16.6. The number of carbonyl (C=O) groups is 1. The third-order valence-electron chi connectivity index (χ3n) is 4.10. The van der Waals surface area contributed by atoms with Crippen LogP contribution in [-0.2, 0) is 15.0 Å². The number of amides is 1. The van der Waals surface area contributed by atoms with Crippen molar-refractivity contribution in [2.45, 2.75) is 12.8 Å². The van der Waals surface area contributed by atoms with Crippen molar-refractivity contribution in [1.29, 1.82) is 0 Å². The molecule has 2 heterocycles. The van der Waals surface area contributed by atoms with E-state index in [0.717, 1.165) is 11.3 Å². The van der Waals surface area contributed by atoms with Gasteiger partial charge in [0, 0.05) is 25.1 Å². The highest BCUT2D eigenvalue weighted by molar-refractivity contribution is 7.86. The molecule has 0 aliphatic carbocycles. The van der Waals surface area contributed by atoms with Gasteiger partial charge < -0.3 is 5.32 Å². The molecule has 0 bridgehead atoms. The van der Waals surface area contributed by atoms with Gasteiger partial charge in [-0.25, -0.2) is 5.14 Å². The highest BCUT2D eigenvalue weighted by atomic mass is 32.2. The lowest BCUT2D eigenvalue weighted by atomic mass is 9.97. The molecule has 4 N–H and O–H groups in total. The largest absolute Gasteiger partial charge is 0.309 e. The zero-order valence-electron chi connectivity index (χ0n) is 13.0. The first-order chi connectivity index (χ1) is 11.4. The second kappa shape index (κ2) is 6.71. The Balaban J connectivity index is 1.59. The van der Waals surface area contributed by atoms with Gasteiger partial charge in [0.2, 0.25) is 5.91 Å². The molecule has 1 aromatic heterocycles.